The second kappa shape index (κ2) is 4.64. The topological polar surface area (TPSA) is 63.6 Å². The average molecular weight is 184 g/mol. The van der Waals surface area contributed by atoms with Gasteiger partial charge in [-0.15, -0.1) is 0 Å². The van der Waals surface area contributed by atoms with Crippen LogP contribution in [-0.4, -0.2) is 23.1 Å². The smallest absolute Gasteiger partial charge is 0.328 e. The summed E-state index contributed by atoms with van der Waals surface area (Å²) in [4.78, 5) is 21.1. The van der Waals surface area contributed by atoms with Crippen LogP contribution in [0.15, 0.2) is 12.2 Å². The number of carboxylic acid groups (broad SMARTS) is 1. The first kappa shape index (κ1) is 9.77. The van der Waals surface area contributed by atoms with Crippen molar-refractivity contribution in [3.05, 3.63) is 12.2 Å². The van der Waals surface area contributed by atoms with Gasteiger partial charge in [-0.25, -0.2) is 4.79 Å². The van der Waals surface area contributed by atoms with Crippen LogP contribution in [0.2, 0.25) is 0 Å². The van der Waals surface area contributed by atoms with Crippen LogP contribution >= 0.6 is 0 Å². The summed E-state index contributed by atoms with van der Waals surface area (Å²) in [5.41, 5.74) is 0. The Balaban J connectivity index is 2.48. The lowest BCUT2D eigenvalue weighted by Gasteiger charge is -2.08. The van der Waals surface area contributed by atoms with Crippen molar-refractivity contribution in [1.82, 2.24) is 0 Å². The zero-order valence-corrected chi connectivity index (χ0v) is 7.23. The van der Waals surface area contributed by atoms with E-state index in [1.807, 2.05) is 0 Å². The van der Waals surface area contributed by atoms with E-state index in [1.165, 1.54) is 6.08 Å². The molecule has 0 aromatic carbocycles. The molecular weight excluding hydrogens is 172 g/mol. The predicted molar refractivity (Wildman–Crippen MR) is 45.1 cm³/mol. The van der Waals surface area contributed by atoms with Gasteiger partial charge in [0.2, 0.25) is 0 Å². The van der Waals surface area contributed by atoms with Crippen LogP contribution in [0.25, 0.3) is 0 Å². The molecule has 1 atom stereocenters. The van der Waals surface area contributed by atoms with E-state index in [9.17, 15) is 9.59 Å². The molecule has 4 heteroatoms. The summed E-state index contributed by atoms with van der Waals surface area (Å²) in [6.07, 6.45) is 4.98. The third-order valence-electron chi connectivity index (χ3n) is 1.86. The number of carbonyl (C=O) groups excluding carboxylic acids is 1. The summed E-state index contributed by atoms with van der Waals surface area (Å²) >= 11 is 0. The van der Waals surface area contributed by atoms with Crippen molar-refractivity contribution >= 4 is 11.9 Å². The molecule has 0 saturated carbocycles. The lowest BCUT2D eigenvalue weighted by atomic mass is 10.1. The van der Waals surface area contributed by atoms with E-state index in [2.05, 4.69) is 0 Å². The zero-order valence-electron chi connectivity index (χ0n) is 7.23. The van der Waals surface area contributed by atoms with E-state index in [0.717, 1.165) is 25.3 Å². The van der Waals surface area contributed by atoms with Crippen molar-refractivity contribution in [2.24, 2.45) is 0 Å². The van der Waals surface area contributed by atoms with Crippen molar-refractivity contribution in [2.75, 3.05) is 0 Å². The Labute approximate surface area is 76.2 Å². The van der Waals surface area contributed by atoms with Gasteiger partial charge in [0.15, 0.2) is 0 Å². The van der Waals surface area contributed by atoms with Crippen molar-refractivity contribution in [3.63, 3.8) is 0 Å². The van der Waals surface area contributed by atoms with Crippen molar-refractivity contribution in [2.45, 2.75) is 31.8 Å². The summed E-state index contributed by atoms with van der Waals surface area (Å²) in [7, 11) is 0. The van der Waals surface area contributed by atoms with Crippen LogP contribution in [-0.2, 0) is 14.3 Å². The fourth-order valence-electron chi connectivity index (χ4n) is 1.23. The summed E-state index contributed by atoms with van der Waals surface area (Å²) in [6, 6.07) is 0. The highest BCUT2D eigenvalue weighted by Crippen LogP contribution is 2.14. The molecule has 1 aliphatic heterocycles. The second-order valence-corrected chi connectivity index (χ2v) is 2.97. The molecule has 1 unspecified atom stereocenters. The monoisotopic (exact) mass is 184 g/mol. The summed E-state index contributed by atoms with van der Waals surface area (Å²) in [6.45, 7) is 0. The molecule has 1 heterocycles. The van der Waals surface area contributed by atoms with E-state index in [4.69, 9.17) is 9.84 Å². The lowest BCUT2D eigenvalue weighted by Crippen LogP contribution is -2.12. The number of hydrogen-bond donors (Lipinski definition) is 1. The summed E-state index contributed by atoms with van der Waals surface area (Å²) < 4.78 is 4.97. The first-order valence-electron chi connectivity index (χ1n) is 4.29. The molecule has 1 fully saturated rings. The number of hydrogen-bond acceptors (Lipinski definition) is 3. The van der Waals surface area contributed by atoms with Crippen LogP contribution in [0, 0.1) is 0 Å². The Kier molecular flexibility index (Phi) is 3.49. The van der Waals surface area contributed by atoms with Gasteiger partial charge in [-0.05, 0) is 25.3 Å². The van der Waals surface area contributed by atoms with Gasteiger partial charge in [-0.3, -0.25) is 4.79 Å². The standard InChI is InChI=1S/C9H12O4/c10-8(11)6-5-7-3-1-2-4-9(12)13-7/h5-7H,1-4H2,(H,10,11). The Morgan fingerprint density at radius 2 is 2.31 bits per heavy atom. The highest BCUT2D eigenvalue weighted by atomic mass is 16.5. The minimum Gasteiger partial charge on any atom is -0.478 e. The molecule has 0 radical (unpaired) electrons. The predicted octanol–water partition coefficient (Wildman–Crippen LogP) is 1.11. The van der Waals surface area contributed by atoms with Crippen molar-refractivity contribution < 1.29 is 19.4 Å². The molecule has 0 aromatic rings. The minimum atomic E-state index is -1.01. The molecule has 0 aromatic heterocycles. The number of ether oxygens (including phenoxy) is 1. The molecule has 4 nitrogen and oxygen atoms in total. The molecule has 0 amide bonds. The van der Waals surface area contributed by atoms with Gasteiger partial charge in [-0.2, -0.15) is 0 Å². The fraction of sp³-hybridized carbons (Fsp3) is 0.556. The maximum atomic E-state index is 10.9. The molecule has 0 spiro atoms. The van der Waals surface area contributed by atoms with Crippen LogP contribution in [0.4, 0.5) is 0 Å². The Hall–Kier alpha value is -1.32. The quantitative estimate of drug-likeness (QED) is 0.515. The third-order valence-corrected chi connectivity index (χ3v) is 1.86. The number of esters is 1. The van der Waals surface area contributed by atoms with Crippen molar-refractivity contribution in [1.29, 1.82) is 0 Å². The molecular formula is C9H12O4. The Morgan fingerprint density at radius 1 is 1.54 bits per heavy atom. The van der Waals surface area contributed by atoms with Crippen molar-refractivity contribution in [3.8, 4) is 0 Å². The highest BCUT2D eigenvalue weighted by molar-refractivity contribution is 5.80. The van der Waals surface area contributed by atoms with Crippen LogP contribution < -0.4 is 0 Å². The van der Waals surface area contributed by atoms with E-state index < -0.39 is 5.97 Å². The maximum Gasteiger partial charge on any atom is 0.328 e. The Bertz CT molecular complexity index is 232. The van der Waals surface area contributed by atoms with Gasteiger partial charge >= 0.3 is 11.9 Å². The number of aliphatic carboxylic acids is 1. The van der Waals surface area contributed by atoms with E-state index in [-0.39, 0.29) is 12.1 Å². The largest absolute Gasteiger partial charge is 0.478 e. The van der Waals surface area contributed by atoms with E-state index in [1.54, 1.807) is 0 Å². The molecule has 1 saturated heterocycles. The summed E-state index contributed by atoms with van der Waals surface area (Å²) in [5.74, 6) is -1.25. The van der Waals surface area contributed by atoms with Crippen LogP contribution in [0.3, 0.4) is 0 Å². The molecule has 1 rings (SSSR count). The third kappa shape index (κ3) is 3.73. The summed E-state index contributed by atoms with van der Waals surface area (Å²) in [5, 5.41) is 8.35. The van der Waals surface area contributed by atoms with E-state index in [0.29, 0.717) is 6.42 Å². The molecule has 1 N–H and O–H groups in total. The minimum absolute atomic E-state index is 0.238. The molecule has 13 heavy (non-hydrogen) atoms. The number of rotatable bonds is 2. The van der Waals surface area contributed by atoms with Gasteiger partial charge in [0.1, 0.15) is 6.10 Å². The van der Waals surface area contributed by atoms with E-state index >= 15 is 0 Å². The number of carbonyl (C=O) groups is 2. The fourth-order valence-corrected chi connectivity index (χ4v) is 1.23. The maximum absolute atomic E-state index is 10.9. The van der Waals surface area contributed by atoms with Gasteiger partial charge in [-0.1, -0.05) is 0 Å². The second-order valence-electron chi connectivity index (χ2n) is 2.97. The van der Waals surface area contributed by atoms with Crippen LogP contribution in [0.1, 0.15) is 25.7 Å². The molecule has 0 bridgehead atoms. The first-order chi connectivity index (χ1) is 6.18. The van der Waals surface area contributed by atoms with Gasteiger partial charge < -0.3 is 9.84 Å². The Morgan fingerprint density at radius 3 is 3.00 bits per heavy atom. The molecule has 72 valence electrons. The zero-order chi connectivity index (χ0) is 9.68. The average Bonchev–Trinajstić information content (AvgIpc) is 2.26. The lowest BCUT2D eigenvalue weighted by molar-refractivity contribution is -0.146. The molecule has 1 aliphatic rings. The van der Waals surface area contributed by atoms with Gasteiger partial charge in [0, 0.05) is 12.5 Å². The molecule has 0 aliphatic carbocycles. The SMILES string of the molecule is O=C(O)C=CC1CCCCC(=O)O1. The first-order valence-corrected chi connectivity index (χ1v) is 4.29. The van der Waals surface area contributed by atoms with Gasteiger partial charge in [0.25, 0.3) is 0 Å². The highest BCUT2D eigenvalue weighted by Gasteiger charge is 2.15. The number of carboxylic acids is 1. The van der Waals surface area contributed by atoms with Crippen LogP contribution in [0.5, 0.6) is 0 Å². The normalized spacial score (nSPS) is 24.0. The van der Waals surface area contributed by atoms with Gasteiger partial charge in [0.05, 0.1) is 0 Å². The number of cyclic esters (lactones) is 1.